The molecule has 3 rings (SSSR count). The number of halogens is 1. The lowest BCUT2D eigenvalue weighted by Gasteiger charge is -2.20. The standard InChI is InChI=1S/C19H18ClNO3/c1-12-5-3-8-17(13(12)2)21-11-14(9-18(21)22)19(23)24-16-7-4-6-15(20)10-16/h3-8,10,14H,9,11H2,1-2H3. The molecule has 1 amide bonds. The van der Waals surface area contributed by atoms with E-state index in [0.29, 0.717) is 17.3 Å². The molecule has 1 aliphatic rings. The minimum atomic E-state index is -0.476. The van der Waals surface area contributed by atoms with Gasteiger partial charge in [0.1, 0.15) is 5.75 Å². The summed E-state index contributed by atoms with van der Waals surface area (Å²) in [4.78, 5) is 26.4. The Balaban J connectivity index is 1.74. The Labute approximate surface area is 146 Å². The third-order valence-corrected chi connectivity index (χ3v) is 4.57. The van der Waals surface area contributed by atoms with Crippen LogP contribution in [-0.2, 0) is 9.59 Å². The van der Waals surface area contributed by atoms with Gasteiger partial charge < -0.3 is 9.64 Å². The molecule has 0 bridgehead atoms. The third-order valence-electron chi connectivity index (χ3n) is 4.34. The van der Waals surface area contributed by atoms with Gasteiger partial charge in [0.05, 0.1) is 5.92 Å². The molecule has 1 fully saturated rings. The Kier molecular flexibility index (Phi) is 4.58. The first-order valence-electron chi connectivity index (χ1n) is 7.79. The predicted octanol–water partition coefficient (Wildman–Crippen LogP) is 3.92. The summed E-state index contributed by atoms with van der Waals surface area (Å²) in [6.07, 6.45) is 0.160. The smallest absolute Gasteiger partial charge is 0.316 e. The first kappa shape index (κ1) is 16.5. The molecule has 1 unspecified atom stereocenters. The second kappa shape index (κ2) is 6.65. The molecule has 2 aromatic rings. The number of nitrogens with zero attached hydrogens (tertiary/aromatic N) is 1. The van der Waals surface area contributed by atoms with E-state index < -0.39 is 11.9 Å². The van der Waals surface area contributed by atoms with Crippen molar-refractivity contribution in [2.75, 3.05) is 11.4 Å². The third kappa shape index (κ3) is 3.29. The highest BCUT2D eigenvalue weighted by molar-refractivity contribution is 6.30. The van der Waals surface area contributed by atoms with E-state index in [1.165, 1.54) is 0 Å². The van der Waals surface area contributed by atoms with Crippen LogP contribution < -0.4 is 9.64 Å². The molecule has 1 heterocycles. The topological polar surface area (TPSA) is 46.6 Å². The summed E-state index contributed by atoms with van der Waals surface area (Å²) in [7, 11) is 0. The Morgan fingerprint density at radius 2 is 1.96 bits per heavy atom. The van der Waals surface area contributed by atoms with Crippen molar-refractivity contribution in [1.29, 1.82) is 0 Å². The van der Waals surface area contributed by atoms with E-state index in [0.717, 1.165) is 16.8 Å². The number of rotatable bonds is 3. The van der Waals surface area contributed by atoms with Gasteiger partial charge in [0.25, 0.3) is 0 Å². The van der Waals surface area contributed by atoms with E-state index in [9.17, 15) is 9.59 Å². The lowest BCUT2D eigenvalue weighted by Crippen LogP contribution is -2.28. The van der Waals surface area contributed by atoms with Gasteiger partial charge in [0.15, 0.2) is 0 Å². The van der Waals surface area contributed by atoms with Crippen molar-refractivity contribution in [2.24, 2.45) is 5.92 Å². The van der Waals surface area contributed by atoms with Gasteiger partial charge in [-0.2, -0.15) is 0 Å². The van der Waals surface area contributed by atoms with Crippen molar-refractivity contribution < 1.29 is 14.3 Å². The molecule has 0 spiro atoms. The van der Waals surface area contributed by atoms with Crippen molar-refractivity contribution in [2.45, 2.75) is 20.3 Å². The van der Waals surface area contributed by atoms with Crippen LogP contribution >= 0.6 is 11.6 Å². The molecule has 0 radical (unpaired) electrons. The minimum Gasteiger partial charge on any atom is -0.426 e. The van der Waals surface area contributed by atoms with Gasteiger partial charge in [-0.3, -0.25) is 9.59 Å². The van der Waals surface area contributed by atoms with Gasteiger partial charge in [-0.15, -0.1) is 0 Å². The molecular weight excluding hydrogens is 326 g/mol. The van der Waals surface area contributed by atoms with Crippen LogP contribution in [0.3, 0.4) is 0 Å². The summed E-state index contributed by atoms with van der Waals surface area (Å²) in [5.41, 5.74) is 3.03. The number of carbonyl (C=O) groups is 2. The van der Waals surface area contributed by atoms with Crippen molar-refractivity contribution in [1.82, 2.24) is 0 Å². The second-order valence-electron chi connectivity index (χ2n) is 6.00. The summed E-state index contributed by atoms with van der Waals surface area (Å²) < 4.78 is 5.36. The van der Waals surface area contributed by atoms with Crippen LogP contribution in [0.25, 0.3) is 0 Å². The molecular formula is C19H18ClNO3. The maximum Gasteiger partial charge on any atom is 0.316 e. The van der Waals surface area contributed by atoms with Crippen molar-refractivity contribution in [3.8, 4) is 5.75 Å². The number of anilines is 1. The van der Waals surface area contributed by atoms with E-state index in [-0.39, 0.29) is 12.3 Å². The van der Waals surface area contributed by atoms with Crippen molar-refractivity contribution in [3.05, 3.63) is 58.6 Å². The average Bonchev–Trinajstić information content (AvgIpc) is 2.92. The highest BCUT2D eigenvalue weighted by Crippen LogP contribution is 2.30. The van der Waals surface area contributed by atoms with Crippen LogP contribution in [0.4, 0.5) is 5.69 Å². The molecule has 1 atom stereocenters. The molecule has 124 valence electrons. The Morgan fingerprint density at radius 3 is 2.71 bits per heavy atom. The Hall–Kier alpha value is -2.33. The highest BCUT2D eigenvalue weighted by atomic mass is 35.5. The predicted molar refractivity (Wildman–Crippen MR) is 93.5 cm³/mol. The lowest BCUT2D eigenvalue weighted by molar-refractivity contribution is -0.139. The van der Waals surface area contributed by atoms with E-state index >= 15 is 0 Å². The number of hydrogen-bond donors (Lipinski definition) is 0. The average molecular weight is 344 g/mol. The zero-order chi connectivity index (χ0) is 17.3. The fourth-order valence-corrected chi connectivity index (χ4v) is 3.04. The van der Waals surface area contributed by atoms with Gasteiger partial charge in [0, 0.05) is 23.7 Å². The fourth-order valence-electron chi connectivity index (χ4n) is 2.86. The summed E-state index contributed by atoms with van der Waals surface area (Å²) in [6, 6.07) is 12.5. The van der Waals surface area contributed by atoms with Crippen LogP contribution in [0.1, 0.15) is 17.5 Å². The minimum absolute atomic E-state index is 0.0586. The lowest BCUT2D eigenvalue weighted by atomic mass is 10.1. The number of ether oxygens (including phenoxy) is 1. The van der Waals surface area contributed by atoms with Crippen LogP contribution in [0.2, 0.25) is 5.02 Å². The summed E-state index contributed by atoms with van der Waals surface area (Å²) in [6.45, 7) is 4.32. The maximum atomic E-state index is 12.4. The number of benzene rings is 2. The number of hydrogen-bond acceptors (Lipinski definition) is 3. The van der Waals surface area contributed by atoms with Crippen molar-refractivity contribution >= 4 is 29.2 Å². The van der Waals surface area contributed by atoms with Crippen LogP contribution in [0.5, 0.6) is 5.75 Å². The monoisotopic (exact) mass is 343 g/mol. The molecule has 5 heteroatoms. The summed E-state index contributed by atoms with van der Waals surface area (Å²) in [5.74, 6) is -0.545. The van der Waals surface area contributed by atoms with Gasteiger partial charge in [-0.25, -0.2) is 0 Å². The van der Waals surface area contributed by atoms with Gasteiger partial charge in [-0.1, -0.05) is 29.8 Å². The maximum absolute atomic E-state index is 12.4. The van der Waals surface area contributed by atoms with Gasteiger partial charge >= 0.3 is 5.97 Å². The summed E-state index contributed by atoms with van der Waals surface area (Å²) in [5, 5.41) is 0.500. The Bertz CT molecular complexity index is 803. The number of carbonyl (C=O) groups excluding carboxylic acids is 2. The molecule has 0 N–H and O–H groups in total. The zero-order valence-corrected chi connectivity index (χ0v) is 14.3. The number of esters is 1. The summed E-state index contributed by atoms with van der Waals surface area (Å²) >= 11 is 5.89. The van der Waals surface area contributed by atoms with Crippen molar-refractivity contribution in [3.63, 3.8) is 0 Å². The molecule has 2 aromatic carbocycles. The van der Waals surface area contributed by atoms with E-state index in [2.05, 4.69) is 0 Å². The zero-order valence-electron chi connectivity index (χ0n) is 13.6. The Morgan fingerprint density at radius 1 is 1.21 bits per heavy atom. The van der Waals surface area contributed by atoms with E-state index in [1.54, 1.807) is 29.2 Å². The molecule has 24 heavy (non-hydrogen) atoms. The quantitative estimate of drug-likeness (QED) is 0.627. The highest BCUT2D eigenvalue weighted by Gasteiger charge is 2.37. The molecule has 4 nitrogen and oxygen atoms in total. The first-order chi connectivity index (χ1) is 11.5. The molecule has 0 aromatic heterocycles. The van der Waals surface area contributed by atoms with Gasteiger partial charge in [-0.05, 0) is 49.2 Å². The fraction of sp³-hybridized carbons (Fsp3) is 0.263. The second-order valence-corrected chi connectivity index (χ2v) is 6.44. The van der Waals surface area contributed by atoms with Crippen LogP contribution in [0.15, 0.2) is 42.5 Å². The van der Waals surface area contributed by atoms with Crippen LogP contribution in [0, 0.1) is 19.8 Å². The molecule has 1 saturated heterocycles. The SMILES string of the molecule is Cc1cccc(N2CC(C(=O)Oc3cccc(Cl)c3)CC2=O)c1C. The number of aryl methyl sites for hydroxylation is 1. The number of amides is 1. The van der Waals surface area contributed by atoms with Gasteiger partial charge in [0.2, 0.25) is 5.91 Å². The molecule has 0 aliphatic carbocycles. The largest absolute Gasteiger partial charge is 0.426 e. The molecule has 0 saturated carbocycles. The van der Waals surface area contributed by atoms with E-state index in [4.69, 9.17) is 16.3 Å². The van der Waals surface area contributed by atoms with E-state index in [1.807, 2.05) is 32.0 Å². The van der Waals surface area contributed by atoms with Crippen LogP contribution in [-0.4, -0.2) is 18.4 Å². The normalized spacial score (nSPS) is 17.2. The molecule has 1 aliphatic heterocycles. The first-order valence-corrected chi connectivity index (χ1v) is 8.17.